The van der Waals surface area contributed by atoms with Crippen LogP contribution in [0.5, 0.6) is 0 Å². The second kappa shape index (κ2) is 6.42. The molecule has 0 amide bonds. The Morgan fingerprint density at radius 3 is 2.53 bits per heavy atom. The van der Waals surface area contributed by atoms with E-state index in [0.717, 1.165) is 0 Å². The molecular weight excluding hydrogens is 224 g/mol. The molecule has 0 saturated carbocycles. The van der Waals surface area contributed by atoms with E-state index >= 15 is 0 Å². The van der Waals surface area contributed by atoms with Crippen molar-refractivity contribution in [3.8, 4) is 0 Å². The highest BCUT2D eigenvalue weighted by atomic mass is 16.3. The van der Waals surface area contributed by atoms with Gasteiger partial charge in [-0.3, -0.25) is 0 Å². The van der Waals surface area contributed by atoms with E-state index in [2.05, 4.69) is 15.0 Å². The zero-order chi connectivity index (χ0) is 12.7. The van der Waals surface area contributed by atoms with Gasteiger partial charge in [-0.15, -0.1) is 0 Å². The van der Waals surface area contributed by atoms with E-state index in [1.807, 2.05) is 0 Å². The third-order valence-corrected chi connectivity index (χ3v) is 2.11. The van der Waals surface area contributed by atoms with Gasteiger partial charge in [-0.2, -0.15) is 4.99 Å². The van der Waals surface area contributed by atoms with Gasteiger partial charge in [0.1, 0.15) is 6.10 Å². The second-order valence-electron chi connectivity index (χ2n) is 3.22. The third kappa shape index (κ3) is 3.71. The van der Waals surface area contributed by atoms with Crippen molar-refractivity contribution < 1.29 is 15.0 Å². The fraction of sp³-hybridized carbons (Fsp3) is 0.300. The fourth-order valence-electron chi connectivity index (χ4n) is 1.24. The Morgan fingerprint density at radius 2 is 2.00 bits per heavy atom. The van der Waals surface area contributed by atoms with Gasteiger partial charge in [0.25, 0.3) is 0 Å². The zero-order valence-corrected chi connectivity index (χ0v) is 8.76. The molecule has 2 unspecified atom stereocenters. The van der Waals surface area contributed by atoms with Crippen LogP contribution in [0.2, 0.25) is 0 Å². The summed E-state index contributed by atoms with van der Waals surface area (Å²) in [5.74, 6) is 0. The molecule has 0 aliphatic carbocycles. The van der Waals surface area contributed by atoms with Crippen molar-refractivity contribution in [2.75, 3.05) is 6.54 Å². The number of isocyanates is 1. The van der Waals surface area contributed by atoms with E-state index in [1.165, 1.54) is 30.3 Å². The molecule has 1 aromatic rings. The molecule has 0 heterocycles. The molecule has 7 nitrogen and oxygen atoms in total. The number of aliphatic hydroxyl groups is 2. The molecule has 0 aliphatic rings. The fourth-order valence-corrected chi connectivity index (χ4v) is 1.24. The SMILES string of the molecule is [N-]=[N+]=NCC(O)C(O)c1ccc(N=C=O)cc1. The molecule has 17 heavy (non-hydrogen) atoms. The molecule has 1 aromatic carbocycles. The van der Waals surface area contributed by atoms with Gasteiger partial charge in [0.15, 0.2) is 0 Å². The van der Waals surface area contributed by atoms with Crippen LogP contribution in [0.3, 0.4) is 0 Å². The van der Waals surface area contributed by atoms with Crippen LogP contribution < -0.4 is 0 Å². The van der Waals surface area contributed by atoms with Crippen molar-refractivity contribution in [1.29, 1.82) is 0 Å². The molecular formula is C10H10N4O3. The number of carbonyl (C=O) groups excluding carboxylic acids is 1. The summed E-state index contributed by atoms with van der Waals surface area (Å²) in [5, 5.41) is 22.3. The number of hydrogen-bond donors (Lipinski definition) is 2. The molecule has 0 fully saturated rings. The van der Waals surface area contributed by atoms with Gasteiger partial charge >= 0.3 is 0 Å². The predicted octanol–water partition coefficient (Wildman–Crippen LogP) is 1.36. The van der Waals surface area contributed by atoms with Crippen LogP contribution in [-0.2, 0) is 4.79 Å². The summed E-state index contributed by atoms with van der Waals surface area (Å²) in [6.45, 7) is -0.216. The van der Waals surface area contributed by atoms with Crippen LogP contribution in [0.4, 0.5) is 5.69 Å². The van der Waals surface area contributed by atoms with E-state index in [0.29, 0.717) is 11.3 Å². The summed E-state index contributed by atoms with van der Waals surface area (Å²) in [6.07, 6.45) is -0.941. The monoisotopic (exact) mass is 234 g/mol. The Labute approximate surface area is 96.7 Å². The number of azide groups is 1. The number of hydrogen-bond acceptors (Lipinski definition) is 5. The molecule has 0 saturated heterocycles. The van der Waals surface area contributed by atoms with Crippen LogP contribution in [0.1, 0.15) is 11.7 Å². The summed E-state index contributed by atoms with van der Waals surface area (Å²) in [5.41, 5.74) is 8.92. The van der Waals surface area contributed by atoms with Gasteiger partial charge in [0.2, 0.25) is 6.08 Å². The van der Waals surface area contributed by atoms with Crippen molar-refractivity contribution in [3.63, 3.8) is 0 Å². The number of nitrogens with zero attached hydrogens (tertiary/aromatic N) is 4. The van der Waals surface area contributed by atoms with Crippen molar-refractivity contribution in [2.45, 2.75) is 12.2 Å². The van der Waals surface area contributed by atoms with Crippen molar-refractivity contribution in [1.82, 2.24) is 0 Å². The number of aliphatic hydroxyl groups excluding tert-OH is 2. The predicted molar refractivity (Wildman–Crippen MR) is 59.2 cm³/mol. The molecule has 0 aliphatic heterocycles. The Morgan fingerprint density at radius 1 is 1.35 bits per heavy atom. The first kappa shape index (κ1) is 12.9. The molecule has 2 N–H and O–H groups in total. The topological polar surface area (TPSA) is 119 Å². The van der Waals surface area contributed by atoms with Gasteiger partial charge in [-0.1, -0.05) is 17.2 Å². The number of rotatable bonds is 5. The quantitative estimate of drug-likeness (QED) is 0.263. The number of benzene rings is 1. The average Bonchev–Trinajstić information content (AvgIpc) is 2.36. The Balaban J connectivity index is 2.78. The lowest BCUT2D eigenvalue weighted by atomic mass is 10.0. The molecule has 7 heteroatoms. The first-order valence-electron chi connectivity index (χ1n) is 4.74. The summed E-state index contributed by atoms with van der Waals surface area (Å²) in [7, 11) is 0. The van der Waals surface area contributed by atoms with Crippen LogP contribution >= 0.6 is 0 Å². The highest BCUT2D eigenvalue weighted by Crippen LogP contribution is 2.20. The first-order chi connectivity index (χ1) is 8.19. The summed E-state index contributed by atoms with van der Waals surface area (Å²) in [6, 6.07) is 6.04. The third-order valence-electron chi connectivity index (χ3n) is 2.11. The lowest BCUT2D eigenvalue weighted by Crippen LogP contribution is -2.20. The lowest BCUT2D eigenvalue weighted by Gasteiger charge is -2.15. The Bertz CT molecular complexity index is 461. The number of aliphatic imine (C=N–C) groups is 1. The summed E-state index contributed by atoms with van der Waals surface area (Å²) < 4.78 is 0. The zero-order valence-electron chi connectivity index (χ0n) is 8.76. The molecule has 88 valence electrons. The first-order valence-corrected chi connectivity index (χ1v) is 4.74. The maximum atomic E-state index is 9.99. The van der Waals surface area contributed by atoms with Crippen molar-refractivity contribution in [3.05, 3.63) is 40.3 Å². The molecule has 0 spiro atoms. The molecule has 0 aromatic heterocycles. The molecule has 0 bridgehead atoms. The highest BCUT2D eigenvalue weighted by molar-refractivity contribution is 5.49. The van der Waals surface area contributed by atoms with Gasteiger partial charge in [0, 0.05) is 4.91 Å². The smallest absolute Gasteiger partial charge is 0.240 e. The minimum atomic E-state index is -1.17. The summed E-state index contributed by atoms with van der Waals surface area (Å²) >= 11 is 0. The summed E-state index contributed by atoms with van der Waals surface area (Å²) in [4.78, 5) is 15.9. The van der Waals surface area contributed by atoms with Gasteiger partial charge in [-0.25, -0.2) is 4.79 Å². The van der Waals surface area contributed by atoms with Gasteiger partial charge in [-0.05, 0) is 23.2 Å². The van der Waals surface area contributed by atoms with E-state index in [4.69, 9.17) is 5.53 Å². The van der Waals surface area contributed by atoms with Gasteiger partial charge in [0.05, 0.1) is 18.3 Å². The maximum Gasteiger partial charge on any atom is 0.240 e. The average molecular weight is 234 g/mol. The van der Waals surface area contributed by atoms with E-state index in [9.17, 15) is 15.0 Å². The second-order valence-corrected chi connectivity index (χ2v) is 3.22. The van der Waals surface area contributed by atoms with E-state index in [-0.39, 0.29) is 6.54 Å². The van der Waals surface area contributed by atoms with E-state index < -0.39 is 12.2 Å². The normalized spacial score (nSPS) is 13.1. The Hall–Kier alpha value is -2.17. The van der Waals surface area contributed by atoms with Crippen molar-refractivity contribution >= 4 is 11.8 Å². The minimum Gasteiger partial charge on any atom is -0.390 e. The molecule has 1 rings (SSSR count). The van der Waals surface area contributed by atoms with Crippen molar-refractivity contribution in [2.24, 2.45) is 10.1 Å². The van der Waals surface area contributed by atoms with Crippen LogP contribution in [0, 0.1) is 0 Å². The van der Waals surface area contributed by atoms with E-state index in [1.54, 1.807) is 0 Å². The Kier molecular flexibility index (Phi) is 4.87. The molecule has 2 atom stereocenters. The van der Waals surface area contributed by atoms with Crippen LogP contribution in [0.15, 0.2) is 34.4 Å². The van der Waals surface area contributed by atoms with Crippen LogP contribution in [0.25, 0.3) is 10.4 Å². The molecule has 0 radical (unpaired) electrons. The lowest BCUT2D eigenvalue weighted by molar-refractivity contribution is 0.0244. The standard InChI is InChI=1S/C10H10N4O3/c11-14-13-5-9(16)10(17)7-1-3-8(4-2-7)12-6-15/h1-4,9-10,16-17H,5H2. The minimum absolute atomic E-state index is 0.216. The highest BCUT2D eigenvalue weighted by Gasteiger charge is 2.17. The largest absolute Gasteiger partial charge is 0.390 e. The maximum absolute atomic E-state index is 9.99. The van der Waals surface area contributed by atoms with Crippen LogP contribution in [-0.4, -0.2) is 28.9 Å². The van der Waals surface area contributed by atoms with Gasteiger partial charge < -0.3 is 10.2 Å².